The minimum Gasteiger partial charge on any atom is -0.324 e. The molecule has 0 bridgehead atoms. The van der Waals surface area contributed by atoms with E-state index in [0.717, 1.165) is 16.8 Å². The Kier molecular flexibility index (Phi) is 4.75. The van der Waals surface area contributed by atoms with Crippen LogP contribution in [0.1, 0.15) is 24.1 Å². The SMILES string of the molecule is Cc1cc(C#CCN)ccc1NC(=O)C(C)n1cccn1. The highest BCUT2D eigenvalue weighted by Gasteiger charge is 2.15. The molecule has 0 aliphatic rings. The molecular weight excluding hydrogens is 264 g/mol. The molecule has 0 spiro atoms. The van der Waals surface area contributed by atoms with E-state index in [1.165, 1.54) is 0 Å². The molecule has 108 valence electrons. The van der Waals surface area contributed by atoms with E-state index in [1.807, 2.05) is 25.1 Å². The minimum absolute atomic E-state index is 0.109. The van der Waals surface area contributed by atoms with Gasteiger partial charge in [0.05, 0.1) is 6.54 Å². The van der Waals surface area contributed by atoms with Gasteiger partial charge in [0, 0.05) is 23.6 Å². The van der Waals surface area contributed by atoms with Crippen molar-refractivity contribution >= 4 is 11.6 Å². The molecule has 1 unspecified atom stereocenters. The summed E-state index contributed by atoms with van der Waals surface area (Å²) in [6, 6.07) is 7.07. The fourth-order valence-corrected chi connectivity index (χ4v) is 1.90. The smallest absolute Gasteiger partial charge is 0.248 e. The Morgan fingerprint density at radius 2 is 2.33 bits per heavy atom. The van der Waals surface area contributed by atoms with Gasteiger partial charge >= 0.3 is 0 Å². The highest BCUT2D eigenvalue weighted by Crippen LogP contribution is 2.18. The molecular formula is C16H18N4O. The van der Waals surface area contributed by atoms with E-state index in [4.69, 9.17) is 5.73 Å². The molecule has 0 aliphatic heterocycles. The van der Waals surface area contributed by atoms with Crippen LogP contribution in [0, 0.1) is 18.8 Å². The molecule has 2 rings (SSSR count). The average Bonchev–Trinajstić information content (AvgIpc) is 3.01. The van der Waals surface area contributed by atoms with Gasteiger partial charge < -0.3 is 11.1 Å². The summed E-state index contributed by atoms with van der Waals surface area (Å²) in [6.07, 6.45) is 3.42. The molecule has 1 aromatic carbocycles. The van der Waals surface area contributed by atoms with Crippen molar-refractivity contribution in [3.63, 3.8) is 0 Å². The van der Waals surface area contributed by atoms with Crippen LogP contribution in [-0.2, 0) is 4.79 Å². The van der Waals surface area contributed by atoms with Gasteiger partial charge in [-0.2, -0.15) is 5.10 Å². The molecule has 2 aromatic rings. The molecule has 0 aliphatic carbocycles. The number of nitrogens with zero attached hydrogens (tertiary/aromatic N) is 2. The van der Waals surface area contributed by atoms with E-state index < -0.39 is 0 Å². The van der Waals surface area contributed by atoms with Crippen molar-refractivity contribution in [2.75, 3.05) is 11.9 Å². The third-order valence-electron chi connectivity index (χ3n) is 3.12. The van der Waals surface area contributed by atoms with Crippen LogP contribution in [0.25, 0.3) is 0 Å². The molecule has 1 heterocycles. The van der Waals surface area contributed by atoms with Gasteiger partial charge in [-0.25, -0.2) is 0 Å². The van der Waals surface area contributed by atoms with Crippen molar-refractivity contribution in [1.29, 1.82) is 0 Å². The summed E-state index contributed by atoms with van der Waals surface area (Å²) in [5.41, 5.74) is 7.97. The lowest BCUT2D eigenvalue weighted by Crippen LogP contribution is -2.24. The van der Waals surface area contributed by atoms with Gasteiger partial charge in [-0.1, -0.05) is 11.8 Å². The number of nitrogens with one attached hydrogen (secondary N) is 1. The summed E-state index contributed by atoms with van der Waals surface area (Å²) in [6.45, 7) is 4.07. The third kappa shape index (κ3) is 3.71. The Hall–Kier alpha value is -2.58. The Morgan fingerprint density at radius 3 is 2.95 bits per heavy atom. The van der Waals surface area contributed by atoms with Crippen LogP contribution in [0.2, 0.25) is 0 Å². The van der Waals surface area contributed by atoms with Crippen molar-refractivity contribution in [3.05, 3.63) is 47.8 Å². The number of carbonyl (C=O) groups excluding carboxylic acids is 1. The summed E-state index contributed by atoms with van der Waals surface area (Å²) >= 11 is 0. The zero-order valence-corrected chi connectivity index (χ0v) is 12.1. The monoisotopic (exact) mass is 282 g/mol. The lowest BCUT2D eigenvalue weighted by atomic mass is 10.1. The van der Waals surface area contributed by atoms with Gasteiger partial charge in [0.15, 0.2) is 0 Å². The largest absolute Gasteiger partial charge is 0.324 e. The van der Waals surface area contributed by atoms with E-state index in [-0.39, 0.29) is 11.9 Å². The molecule has 1 amide bonds. The topological polar surface area (TPSA) is 72.9 Å². The number of amides is 1. The average molecular weight is 282 g/mol. The number of anilines is 1. The molecule has 0 radical (unpaired) electrons. The predicted molar refractivity (Wildman–Crippen MR) is 82.7 cm³/mol. The van der Waals surface area contributed by atoms with E-state index in [2.05, 4.69) is 22.3 Å². The summed E-state index contributed by atoms with van der Waals surface area (Å²) in [7, 11) is 0. The first-order chi connectivity index (χ1) is 10.1. The van der Waals surface area contributed by atoms with Crippen LogP contribution >= 0.6 is 0 Å². The maximum absolute atomic E-state index is 12.2. The van der Waals surface area contributed by atoms with E-state index >= 15 is 0 Å². The molecule has 21 heavy (non-hydrogen) atoms. The van der Waals surface area contributed by atoms with Gasteiger partial charge in [-0.3, -0.25) is 9.48 Å². The molecule has 0 saturated carbocycles. The highest BCUT2D eigenvalue weighted by molar-refractivity contribution is 5.94. The Bertz CT molecular complexity index is 680. The molecule has 3 N–H and O–H groups in total. The number of rotatable bonds is 3. The number of carbonyl (C=O) groups is 1. The number of aryl methyl sites for hydroxylation is 1. The first kappa shape index (κ1) is 14.8. The standard InChI is InChI=1S/C16H18N4O/c1-12-11-14(5-3-8-17)6-7-15(12)19-16(21)13(2)20-10-4-9-18-20/h4,6-7,9-11,13H,8,17H2,1-2H3,(H,19,21). The third-order valence-corrected chi connectivity index (χ3v) is 3.12. The summed E-state index contributed by atoms with van der Waals surface area (Å²) < 4.78 is 1.62. The van der Waals surface area contributed by atoms with Crippen LogP contribution in [0.3, 0.4) is 0 Å². The van der Waals surface area contributed by atoms with Crippen molar-refractivity contribution in [2.45, 2.75) is 19.9 Å². The Morgan fingerprint density at radius 1 is 1.52 bits per heavy atom. The maximum Gasteiger partial charge on any atom is 0.248 e. The second-order valence-corrected chi connectivity index (χ2v) is 4.69. The Balaban J connectivity index is 2.11. The van der Waals surface area contributed by atoms with Gasteiger partial charge in [0.1, 0.15) is 6.04 Å². The summed E-state index contributed by atoms with van der Waals surface area (Å²) in [5.74, 6) is 5.67. The molecule has 5 nitrogen and oxygen atoms in total. The van der Waals surface area contributed by atoms with Crippen LogP contribution in [0.15, 0.2) is 36.7 Å². The van der Waals surface area contributed by atoms with Crippen molar-refractivity contribution < 1.29 is 4.79 Å². The minimum atomic E-state index is -0.365. The first-order valence-electron chi connectivity index (χ1n) is 6.71. The number of hydrogen-bond donors (Lipinski definition) is 2. The lowest BCUT2D eigenvalue weighted by Gasteiger charge is -2.14. The zero-order valence-electron chi connectivity index (χ0n) is 12.1. The number of aromatic nitrogens is 2. The normalized spacial score (nSPS) is 11.4. The number of benzene rings is 1. The number of nitrogens with two attached hydrogens (primary N) is 1. The van der Waals surface area contributed by atoms with Gasteiger partial charge in [0.2, 0.25) is 5.91 Å². The quantitative estimate of drug-likeness (QED) is 0.842. The maximum atomic E-state index is 12.2. The van der Waals surface area contributed by atoms with Crippen molar-refractivity contribution in [2.24, 2.45) is 5.73 Å². The van der Waals surface area contributed by atoms with Gasteiger partial charge in [0.25, 0.3) is 0 Å². The highest BCUT2D eigenvalue weighted by atomic mass is 16.2. The molecule has 0 saturated heterocycles. The van der Waals surface area contributed by atoms with Crippen molar-refractivity contribution in [1.82, 2.24) is 9.78 Å². The predicted octanol–water partition coefficient (Wildman–Crippen LogP) is 1.70. The molecule has 0 fully saturated rings. The fourth-order valence-electron chi connectivity index (χ4n) is 1.90. The number of hydrogen-bond acceptors (Lipinski definition) is 3. The molecule has 1 aromatic heterocycles. The summed E-state index contributed by atoms with van der Waals surface area (Å²) in [5, 5.41) is 6.98. The van der Waals surface area contributed by atoms with E-state index in [1.54, 1.807) is 30.1 Å². The van der Waals surface area contributed by atoms with Gasteiger partial charge in [-0.05, 0) is 43.7 Å². The fraction of sp³-hybridized carbons (Fsp3) is 0.250. The van der Waals surface area contributed by atoms with Gasteiger partial charge in [-0.15, -0.1) is 0 Å². The molecule has 5 heteroatoms. The van der Waals surface area contributed by atoms with E-state index in [0.29, 0.717) is 6.54 Å². The summed E-state index contributed by atoms with van der Waals surface area (Å²) in [4.78, 5) is 12.2. The first-order valence-corrected chi connectivity index (χ1v) is 6.71. The second-order valence-electron chi connectivity index (χ2n) is 4.69. The Labute approximate surface area is 124 Å². The van der Waals surface area contributed by atoms with Crippen LogP contribution in [0.4, 0.5) is 5.69 Å². The van der Waals surface area contributed by atoms with Crippen molar-refractivity contribution in [3.8, 4) is 11.8 Å². The molecule has 1 atom stereocenters. The zero-order chi connectivity index (χ0) is 15.2. The van der Waals surface area contributed by atoms with Crippen LogP contribution in [0.5, 0.6) is 0 Å². The second kappa shape index (κ2) is 6.73. The van der Waals surface area contributed by atoms with Crippen LogP contribution in [-0.4, -0.2) is 22.2 Å². The lowest BCUT2D eigenvalue weighted by molar-refractivity contribution is -0.119. The van der Waals surface area contributed by atoms with Crippen LogP contribution < -0.4 is 11.1 Å². The van der Waals surface area contributed by atoms with E-state index in [9.17, 15) is 4.79 Å².